The fourth-order valence-corrected chi connectivity index (χ4v) is 3.72. The lowest BCUT2D eigenvalue weighted by atomic mass is 9.95. The number of fused-ring (bicyclic) bond motifs is 1. The van der Waals surface area contributed by atoms with Crippen LogP contribution >= 0.6 is 11.3 Å². The number of aryl methyl sites for hydroxylation is 1. The number of carboxylic acids is 1. The molecule has 1 N–H and O–H groups in total. The number of carbonyl (C=O) groups excluding carboxylic acids is 3. The molecule has 0 fully saturated rings. The highest BCUT2D eigenvalue weighted by Gasteiger charge is 2.27. The minimum atomic E-state index is -1.45. The molecule has 6 nitrogen and oxygen atoms in total. The quantitative estimate of drug-likeness (QED) is 0.648. The van der Waals surface area contributed by atoms with E-state index in [0.717, 1.165) is 42.2 Å². The summed E-state index contributed by atoms with van der Waals surface area (Å²) in [5, 5.41) is 13.4. The van der Waals surface area contributed by atoms with Gasteiger partial charge >= 0.3 is 5.97 Å². The fraction of sp³-hybridized carbons (Fsp3) is 0.438. The van der Waals surface area contributed by atoms with E-state index >= 15 is 0 Å². The molecule has 1 aromatic rings. The molecule has 2 rings (SSSR count). The normalized spacial score (nSPS) is 13.9. The standard InChI is InChI=1S/C16H19NO5S/c1-9(2)22-16(21)14-10-5-3-4-6-11(10)23-15(14)17-12(18)7-8-13(19)20/h7-9H,3-6H2,1-2H3,(H,17,18)(H,19,20)/p-1/b8-7+. The van der Waals surface area contributed by atoms with Crippen molar-refractivity contribution < 1.29 is 24.2 Å². The van der Waals surface area contributed by atoms with Gasteiger partial charge in [0.25, 0.3) is 0 Å². The molecule has 0 aromatic carbocycles. The molecule has 0 atom stereocenters. The Morgan fingerprint density at radius 2 is 1.91 bits per heavy atom. The number of carboxylic acid groups (broad SMARTS) is 1. The topological polar surface area (TPSA) is 95.5 Å². The third-order valence-corrected chi connectivity index (χ3v) is 4.53. The number of hydrogen-bond donors (Lipinski definition) is 1. The molecule has 0 saturated carbocycles. The number of amides is 1. The summed E-state index contributed by atoms with van der Waals surface area (Å²) >= 11 is 1.35. The van der Waals surface area contributed by atoms with Gasteiger partial charge in [-0.1, -0.05) is 0 Å². The third kappa shape index (κ3) is 4.41. The number of thiophene rings is 1. The van der Waals surface area contributed by atoms with Crippen LogP contribution in [0.2, 0.25) is 0 Å². The summed E-state index contributed by atoms with van der Waals surface area (Å²) in [6.07, 6.45) is 4.93. The minimum absolute atomic E-state index is 0.261. The summed E-state index contributed by atoms with van der Waals surface area (Å²) in [4.78, 5) is 35.6. The van der Waals surface area contributed by atoms with E-state index in [4.69, 9.17) is 4.74 Å². The zero-order valence-corrected chi connectivity index (χ0v) is 13.8. The average Bonchev–Trinajstić information content (AvgIpc) is 2.82. The molecule has 1 aromatic heterocycles. The molecule has 1 aliphatic carbocycles. The molecule has 124 valence electrons. The molecule has 0 saturated heterocycles. The first-order valence-corrected chi connectivity index (χ1v) is 8.25. The van der Waals surface area contributed by atoms with Crippen molar-refractivity contribution in [2.45, 2.75) is 45.6 Å². The molecule has 7 heteroatoms. The van der Waals surface area contributed by atoms with Crippen LogP contribution < -0.4 is 10.4 Å². The molecule has 0 bridgehead atoms. The summed E-state index contributed by atoms with van der Waals surface area (Å²) in [5.41, 5.74) is 1.33. The summed E-state index contributed by atoms with van der Waals surface area (Å²) in [6, 6.07) is 0. The highest BCUT2D eigenvalue weighted by atomic mass is 32.1. The van der Waals surface area contributed by atoms with Gasteiger partial charge in [0.2, 0.25) is 5.91 Å². The molecular weight excluding hydrogens is 318 g/mol. The Morgan fingerprint density at radius 1 is 1.22 bits per heavy atom. The second kappa shape index (κ2) is 7.41. The smallest absolute Gasteiger partial charge is 0.341 e. The molecule has 0 radical (unpaired) electrons. The zero-order chi connectivity index (χ0) is 17.0. The van der Waals surface area contributed by atoms with Crippen molar-refractivity contribution in [3.8, 4) is 0 Å². The number of aliphatic carboxylic acids is 1. The van der Waals surface area contributed by atoms with Crippen LogP contribution in [0.25, 0.3) is 0 Å². The second-order valence-electron chi connectivity index (χ2n) is 5.51. The van der Waals surface area contributed by atoms with Crippen LogP contribution in [0.1, 0.15) is 47.5 Å². The number of esters is 1. The molecule has 23 heavy (non-hydrogen) atoms. The number of ether oxygens (including phenoxy) is 1. The molecule has 0 aliphatic heterocycles. The van der Waals surface area contributed by atoms with E-state index in [1.165, 1.54) is 11.3 Å². The number of rotatable bonds is 5. The van der Waals surface area contributed by atoms with Crippen molar-refractivity contribution in [1.29, 1.82) is 0 Å². The zero-order valence-electron chi connectivity index (χ0n) is 13.0. The number of nitrogens with one attached hydrogen (secondary N) is 1. The van der Waals surface area contributed by atoms with E-state index in [1.54, 1.807) is 13.8 Å². The van der Waals surface area contributed by atoms with Crippen molar-refractivity contribution in [3.05, 3.63) is 28.2 Å². The van der Waals surface area contributed by atoms with Crippen LogP contribution in [0, 0.1) is 0 Å². The fourth-order valence-electron chi connectivity index (χ4n) is 2.44. The lowest BCUT2D eigenvalue weighted by molar-refractivity contribution is -0.297. The van der Waals surface area contributed by atoms with Crippen LogP contribution in [0.5, 0.6) is 0 Å². The van der Waals surface area contributed by atoms with E-state index in [9.17, 15) is 19.5 Å². The number of carbonyl (C=O) groups is 3. The first-order valence-electron chi connectivity index (χ1n) is 7.44. The second-order valence-corrected chi connectivity index (χ2v) is 6.62. The summed E-state index contributed by atoms with van der Waals surface area (Å²) in [5.74, 6) is -2.53. The Labute approximate surface area is 138 Å². The van der Waals surface area contributed by atoms with E-state index in [-0.39, 0.29) is 6.10 Å². The van der Waals surface area contributed by atoms with Gasteiger partial charge in [-0.3, -0.25) is 4.79 Å². The van der Waals surface area contributed by atoms with Gasteiger partial charge in [-0.25, -0.2) is 4.79 Å². The molecule has 1 amide bonds. The van der Waals surface area contributed by atoms with Crippen molar-refractivity contribution in [1.82, 2.24) is 0 Å². The number of hydrogen-bond acceptors (Lipinski definition) is 6. The van der Waals surface area contributed by atoms with E-state index < -0.39 is 17.8 Å². The Bertz CT molecular complexity index is 660. The lowest BCUT2D eigenvalue weighted by Gasteiger charge is -2.14. The maximum atomic E-state index is 12.4. The SMILES string of the molecule is CC(C)OC(=O)c1c(NC(=O)/C=C/C(=O)[O-])sc2c1CCCC2. The maximum absolute atomic E-state index is 12.4. The van der Waals surface area contributed by atoms with Gasteiger partial charge in [0.05, 0.1) is 17.6 Å². The Kier molecular flexibility index (Phi) is 5.54. The van der Waals surface area contributed by atoms with Crippen LogP contribution in [0.3, 0.4) is 0 Å². The van der Waals surface area contributed by atoms with Gasteiger partial charge in [-0.15, -0.1) is 11.3 Å². The summed E-state index contributed by atoms with van der Waals surface area (Å²) < 4.78 is 5.28. The molecule has 0 spiro atoms. The highest BCUT2D eigenvalue weighted by molar-refractivity contribution is 7.17. The predicted molar refractivity (Wildman–Crippen MR) is 84.3 cm³/mol. The Balaban J connectivity index is 2.30. The van der Waals surface area contributed by atoms with Gasteiger partial charge in [0, 0.05) is 11.0 Å². The lowest BCUT2D eigenvalue weighted by Crippen LogP contribution is -2.20. The first-order chi connectivity index (χ1) is 10.9. The highest BCUT2D eigenvalue weighted by Crippen LogP contribution is 2.38. The predicted octanol–water partition coefficient (Wildman–Crippen LogP) is 1.44. The van der Waals surface area contributed by atoms with E-state index in [1.807, 2.05) is 0 Å². The van der Waals surface area contributed by atoms with Gasteiger partial charge < -0.3 is 20.0 Å². The van der Waals surface area contributed by atoms with Gasteiger partial charge in [-0.05, 0) is 51.2 Å². The largest absolute Gasteiger partial charge is 0.545 e. The maximum Gasteiger partial charge on any atom is 0.341 e. The monoisotopic (exact) mass is 336 g/mol. The molecule has 1 heterocycles. The van der Waals surface area contributed by atoms with Crippen molar-refractivity contribution >= 4 is 34.2 Å². The average molecular weight is 336 g/mol. The van der Waals surface area contributed by atoms with Crippen LogP contribution in [-0.2, 0) is 27.2 Å². The third-order valence-electron chi connectivity index (χ3n) is 3.33. The number of anilines is 1. The van der Waals surface area contributed by atoms with E-state index in [2.05, 4.69) is 5.32 Å². The van der Waals surface area contributed by atoms with Crippen LogP contribution in [-0.4, -0.2) is 23.9 Å². The van der Waals surface area contributed by atoms with Crippen molar-refractivity contribution in [2.24, 2.45) is 0 Å². The van der Waals surface area contributed by atoms with E-state index in [0.29, 0.717) is 16.6 Å². The van der Waals surface area contributed by atoms with Crippen molar-refractivity contribution in [3.63, 3.8) is 0 Å². The summed E-state index contributed by atoms with van der Waals surface area (Å²) in [7, 11) is 0. The van der Waals surface area contributed by atoms with Gasteiger partial charge in [0.15, 0.2) is 0 Å². The Morgan fingerprint density at radius 3 is 2.57 bits per heavy atom. The minimum Gasteiger partial charge on any atom is -0.545 e. The van der Waals surface area contributed by atoms with Crippen LogP contribution in [0.4, 0.5) is 5.00 Å². The summed E-state index contributed by atoms with van der Waals surface area (Å²) in [6.45, 7) is 3.52. The van der Waals surface area contributed by atoms with Gasteiger partial charge in [-0.2, -0.15) is 0 Å². The van der Waals surface area contributed by atoms with Gasteiger partial charge in [0.1, 0.15) is 5.00 Å². The first kappa shape index (κ1) is 17.2. The molecular formula is C16H18NO5S-. The molecule has 1 aliphatic rings. The van der Waals surface area contributed by atoms with Crippen LogP contribution in [0.15, 0.2) is 12.2 Å². The van der Waals surface area contributed by atoms with Crippen molar-refractivity contribution in [2.75, 3.05) is 5.32 Å². The Hall–Kier alpha value is -2.15. The molecule has 0 unspecified atom stereocenters.